The van der Waals surface area contributed by atoms with Gasteiger partial charge in [0.25, 0.3) is 0 Å². The average Bonchev–Trinajstić information content (AvgIpc) is 3.17. The molecule has 0 amide bonds. The largest absolute Gasteiger partial charge is 0.497 e. The molecule has 1 aromatic carbocycles. The fourth-order valence-corrected chi connectivity index (χ4v) is 2.81. The second-order valence-electron chi connectivity index (χ2n) is 6.74. The maximum Gasteiger partial charge on any atom is 0.142 e. The first-order valence-electron chi connectivity index (χ1n) is 9.25. The Bertz CT molecular complexity index is 861. The minimum atomic E-state index is 0.634. The van der Waals surface area contributed by atoms with E-state index in [1.165, 1.54) is 0 Å². The van der Waals surface area contributed by atoms with Gasteiger partial charge in [0.2, 0.25) is 0 Å². The summed E-state index contributed by atoms with van der Waals surface area (Å²) in [5, 5.41) is 10.8. The Morgan fingerprint density at radius 2 is 1.82 bits per heavy atom. The molecule has 0 saturated carbocycles. The molecule has 0 fully saturated rings. The molecule has 0 aliphatic rings. The van der Waals surface area contributed by atoms with E-state index < -0.39 is 0 Å². The third-order valence-corrected chi connectivity index (χ3v) is 4.39. The third-order valence-electron chi connectivity index (χ3n) is 4.39. The van der Waals surface area contributed by atoms with Gasteiger partial charge in [0.1, 0.15) is 18.1 Å². The summed E-state index contributed by atoms with van der Waals surface area (Å²) >= 11 is 0. The third kappa shape index (κ3) is 5.31. The van der Waals surface area contributed by atoms with E-state index in [1.807, 2.05) is 50.6 Å². The number of benzene rings is 1. The summed E-state index contributed by atoms with van der Waals surface area (Å²) in [5.41, 5.74) is 4.27. The van der Waals surface area contributed by atoms with Crippen LogP contribution in [0.1, 0.15) is 11.1 Å². The van der Waals surface area contributed by atoms with E-state index in [2.05, 4.69) is 25.4 Å². The number of hydrogen-bond acceptors (Lipinski definition) is 6. The molecule has 0 unspecified atom stereocenters. The van der Waals surface area contributed by atoms with E-state index in [0.717, 1.165) is 40.4 Å². The number of rotatable bonds is 10. The van der Waals surface area contributed by atoms with Gasteiger partial charge in [-0.15, -0.1) is 0 Å². The summed E-state index contributed by atoms with van der Waals surface area (Å²) in [7, 11) is 5.72. The van der Waals surface area contributed by atoms with E-state index in [0.29, 0.717) is 19.7 Å². The summed E-state index contributed by atoms with van der Waals surface area (Å²) < 4.78 is 11.1. The van der Waals surface area contributed by atoms with Gasteiger partial charge in [0.05, 0.1) is 25.2 Å². The molecule has 2 aromatic heterocycles. The molecule has 28 heavy (non-hydrogen) atoms. The molecule has 0 aliphatic heterocycles. The van der Waals surface area contributed by atoms with Crippen LogP contribution in [-0.2, 0) is 13.1 Å². The lowest BCUT2D eigenvalue weighted by atomic mass is 10.1. The van der Waals surface area contributed by atoms with Gasteiger partial charge in [-0.05, 0) is 44.4 Å². The smallest absolute Gasteiger partial charge is 0.142 e. The van der Waals surface area contributed by atoms with Crippen molar-refractivity contribution < 1.29 is 9.47 Å². The summed E-state index contributed by atoms with van der Waals surface area (Å²) in [6.07, 6.45) is 5.41. The van der Waals surface area contributed by atoms with Crippen molar-refractivity contribution in [2.45, 2.75) is 13.1 Å². The van der Waals surface area contributed by atoms with Crippen molar-refractivity contribution in [1.29, 1.82) is 0 Å². The first-order valence-corrected chi connectivity index (χ1v) is 9.25. The van der Waals surface area contributed by atoms with Crippen molar-refractivity contribution in [3.05, 3.63) is 60.0 Å². The molecule has 3 aromatic rings. The predicted molar refractivity (Wildman–Crippen MR) is 109 cm³/mol. The normalized spacial score (nSPS) is 11.0. The highest BCUT2D eigenvalue weighted by atomic mass is 16.5. The lowest BCUT2D eigenvalue weighted by Gasteiger charge is -2.14. The molecular weight excluding hydrogens is 354 g/mol. The maximum atomic E-state index is 5.88. The minimum Gasteiger partial charge on any atom is -0.497 e. The number of methoxy groups -OCH3 is 1. The molecule has 0 saturated heterocycles. The Balaban J connectivity index is 1.60. The molecule has 0 bridgehead atoms. The Hall–Kier alpha value is -2.90. The highest BCUT2D eigenvalue weighted by Gasteiger charge is 2.09. The van der Waals surface area contributed by atoms with E-state index in [4.69, 9.17) is 9.47 Å². The van der Waals surface area contributed by atoms with Crippen molar-refractivity contribution >= 4 is 0 Å². The summed E-state index contributed by atoms with van der Waals surface area (Å²) in [6, 6.07) is 9.92. The number of aromatic amines is 1. The summed E-state index contributed by atoms with van der Waals surface area (Å²) in [4.78, 5) is 6.27. The molecule has 2 heterocycles. The van der Waals surface area contributed by atoms with E-state index in [-0.39, 0.29) is 0 Å². The molecule has 0 atom stereocenters. The van der Waals surface area contributed by atoms with Crippen molar-refractivity contribution in [2.24, 2.45) is 0 Å². The Morgan fingerprint density at radius 1 is 1.04 bits per heavy atom. The van der Waals surface area contributed by atoms with Crippen LogP contribution in [0.5, 0.6) is 11.5 Å². The number of aromatic nitrogens is 3. The van der Waals surface area contributed by atoms with Gasteiger partial charge in [0, 0.05) is 42.5 Å². The minimum absolute atomic E-state index is 0.634. The van der Waals surface area contributed by atoms with Crippen LogP contribution in [0.25, 0.3) is 11.3 Å². The van der Waals surface area contributed by atoms with Gasteiger partial charge in [-0.3, -0.25) is 10.1 Å². The number of nitrogens with one attached hydrogen (secondary N) is 2. The molecule has 2 N–H and O–H groups in total. The Kier molecular flexibility index (Phi) is 7.00. The Labute approximate surface area is 165 Å². The number of likely N-dealkylation sites (N-methyl/N-ethyl adjacent to an activating group) is 1. The van der Waals surface area contributed by atoms with E-state index >= 15 is 0 Å². The fraction of sp³-hybridized carbons (Fsp3) is 0.333. The van der Waals surface area contributed by atoms with Crippen molar-refractivity contribution in [1.82, 2.24) is 25.4 Å². The lowest BCUT2D eigenvalue weighted by molar-refractivity contribution is 0.258. The number of nitrogens with zero attached hydrogens (tertiary/aromatic N) is 3. The van der Waals surface area contributed by atoms with Crippen LogP contribution in [0, 0.1) is 0 Å². The van der Waals surface area contributed by atoms with Gasteiger partial charge in [0.15, 0.2) is 0 Å². The zero-order valence-corrected chi connectivity index (χ0v) is 16.6. The van der Waals surface area contributed by atoms with Crippen molar-refractivity contribution in [3.8, 4) is 22.8 Å². The molecule has 0 aliphatic carbocycles. The van der Waals surface area contributed by atoms with E-state index in [9.17, 15) is 0 Å². The molecule has 0 radical (unpaired) electrons. The molecule has 0 spiro atoms. The Morgan fingerprint density at radius 3 is 2.57 bits per heavy atom. The zero-order valence-electron chi connectivity index (χ0n) is 16.6. The lowest BCUT2D eigenvalue weighted by Crippen LogP contribution is -2.20. The van der Waals surface area contributed by atoms with Crippen LogP contribution in [0.4, 0.5) is 0 Å². The SMILES string of the molecule is COc1ccc(-c2[nH]ncc2CNCc2ccncc2OCCN(C)C)cc1. The number of H-pyrrole nitrogens is 1. The van der Waals surface area contributed by atoms with Crippen molar-refractivity contribution in [2.75, 3.05) is 34.4 Å². The second kappa shape index (κ2) is 9.87. The molecule has 7 nitrogen and oxygen atoms in total. The average molecular weight is 381 g/mol. The number of pyridine rings is 1. The van der Waals surface area contributed by atoms with Crippen LogP contribution in [0.2, 0.25) is 0 Å². The second-order valence-corrected chi connectivity index (χ2v) is 6.74. The van der Waals surface area contributed by atoms with Crippen LogP contribution in [0.3, 0.4) is 0 Å². The van der Waals surface area contributed by atoms with Crippen LogP contribution >= 0.6 is 0 Å². The number of hydrogen-bond donors (Lipinski definition) is 2. The molecule has 3 rings (SSSR count). The highest BCUT2D eigenvalue weighted by Crippen LogP contribution is 2.24. The molecular formula is C21H27N5O2. The van der Waals surface area contributed by atoms with Crippen molar-refractivity contribution in [3.63, 3.8) is 0 Å². The summed E-state index contributed by atoms with van der Waals surface area (Å²) in [6.45, 7) is 2.88. The van der Waals surface area contributed by atoms with E-state index in [1.54, 1.807) is 19.5 Å². The maximum absolute atomic E-state index is 5.88. The number of ether oxygens (including phenoxy) is 2. The van der Waals surface area contributed by atoms with Gasteiger partial charge in [-0.2, -0.15) is 5.10 Å². The van der Waals surface area contributed by atoms with Crippen LogP contribution in [-0.4, -0.2) is 54.4 Å². The summed E-state index contributed by atoms with van der Waals surface area (Å²) in [5.74, 6) is 1.65. The predicted octanol–water partition coefficient (Wildman–Crippen LogP) is 2.71. The van der Waals surface area contributed by atoms with Gasteiger partial charge in [-0.25, -0.2) is 0 Å². The first kappa shape index (κ1) is 19.9. The highest BCUT2D eigenvalue weighted by molar-refractivity contribution is 5.63. The van der Waals surface area contributed by atoms with Crippen LogP contribution in [0.15, 0.2) is 48.9 Å². The van der Waals surface area contributed by atoms with Crippen LogP contribution < -0.4 is 14.8 Å². The zero-order chi connectivity index (χ0) is 19.8. The quantitative estimate of drug-likeness (QED) is 0.562. The standard InChI is InChI=1S/C21H27N5O2/c1-26(2)10-11-28-20-15-22-9-8-17(20)12-23-13-18-14-24-25-21(18)16-4-6-19(27-3)7-5-16/h4-9,14-15,23H,10-13H2,1-3H3,(H,24,25). The van der Waals surface area contributed by atoms with Gasteiger partial charge in [-0.1, -0.05) is 0 Å². The first-order chi connectivity index (χ1) is 13.7. The topological polar surface area (TPSA) is 75.3 Å². The van der Waals surface area contributed by atoms with Gasteiger partial charge >= 0.3 is 0 Å². The molecule has 148 valence electrons. The fourth-order valence-electron chi connectivity index (χ4n) is 2.81. The molecule has 7 heteroatoms. The van der Waals surface area contributed by atoms with Gasteiger partial charge < -0.3 is 19.7 Å². The monoisotopic (exact) mass is 381 g/mol.